The van der Waals surface area contributed by atoms with Gasteiger partial charge in [0.1, 0.15) is 24.1 Å². The van der Waals surface area contributed by atoms with Gasteiger partial charge in [0.05, 0.1) is 43.9 Å². The lowest BCUT2D eigenvalue weighted by Crippen LogP contribution is -2.40. The molecule has 170 valence electrons. The molecule has 0 aromatic heterocycles. The summed E-state index contributed by atoms with van der Waals surface area (Å²) in [7, 11) is 1.67. The molecule has 0 amide bonds. The first kappa shape index (κ1) is 21.7. The van der Waals surface area contributed by atoms with Gasteiger partial charge in [-0.1, -0.05) is 19.1 Å². The smallest absolute Gasteiger partial charge is 0.497 e. The number of nitrogens with zero attached hydrogens (tertiary/aromatic N) is 5. The van der Waals surface area contributed by atoms with Gasteiger partial charge in [0, 0.05) is 31.1 Å². The van der Waals surface area contributed by atoms with Gasteiger partial charge in [-0.25, -0.2) is 4.99 Å². The van der Waals surface area contributed by atoms with Crippen molar-refractivity contribution in [2.75, 3.05) is 40.1 Å². The van der Waals surface area contributed by atoms with Gasteiger partial charge in [-0.3, -0.25) is 4.90 Å². The number of hydrazone groups is 2. The Morgan fingerprint density at radius 1 is 1.31 bits per heavy atom. The Hall–Kier alpha value is -2.08. The number of rotatable bonds is 6. The van der Waals surface area contributed by atoms with Crippen LogP contribution in [0.2, 0.25) is 0 Å². The summed E-state index contributed by atoms with van der Waals surface area (Å²) in [4.78, 5) is 7.14. The standard InChI is InChI=1S/C21H27N6O3S2/c1-4-18-15(2)26-21(31-19(23-26)22-14-25-8-10-29-11-9-25)27(18)24-20(32-21)30-13-16-6-5-7-17(12-16)28-3/h5-7,12H,4,8-11,13-14H2,1-3H3/q+1/p+1. The zero-order valence-corrected chi connectivity index (χ0v) is 20.2. The van der Waals surface area contributed by atoms with E-state index in [2.05, 4.69) is 33.5 Å². The van der Waals surface area contributed by atoms with Crippen LogP contribution in [-0.4, -0.2) is 80.5 Å². The van der Waals surface area contributed by atoms with Crippen LogP contribution in [0, 0.1) is 0 Å². The molecule has 4 heterocycles. The molecule has 1 N–H and O–H groups in total. The molecule has 4 aliphatic heterocycles. The summed E-state index contributed by atoms with van der Waals surface area (Å²) in [5.74, 6) is 0.820. The predicted molar refractivity (Wildman–Crippen MR) is 127 cm³/mol. The number of ether oxygens (including phenoxy) is 3. The molecule has 2 saturated heterocycles. The first-order valence-corrected chi connectivity index (χ1v) is 12.4. The fourth-order valence-electron chi connectivity index (χ4n) is 4.04. The highest BCUT2D eigenvalue weighted by molar-refractivity contribution is 8.30. The lowest BCUT2D eigenvalue weighted by Gasteiger charge is -2.24. The van der Waals surface area contributed by atoms with Crippen molar-refractivity contribution in [3.63, 3.8) is 0 Å². The number of hydrazine groups is 1. The molecule has 2 fully saturated rings. The van der Waals surface area contributed by atoms with Crippen molar-refractivity contribution in [1.82, 2.24) is 10.3 Å². The molecule has 4 aliphatic rings. The van der Waals surface area contributed by atoms with E-state index in [1.54, 1.807) is 30.6 Å². The lowest BCUT2D eigenvalue weighted by molar-refractivity contribution is -0.766. The Balaban J connectivity index is 1.32. The van der Waals surface area contributed by atoms with Crippen LogP contribution < -0.4 is 10.2 Å². The Bertz CT molecular complexity index is 1030. The molecule has 0 aliphatic carbocycles. The maximum atomic E-state index is 6.11. The Morgan fingerprint density at radius 3 is 2.94 bits per heavy atom. The highest BCUT2D eigenvalue weighted by Crippen LogP contribution is 2.50. The van der Waals surface area contributed by atoms with Gasteiger partial charge in [-0.15, -0.1) is 5.43 Å². The van der Waals surface area contributed by atoms with E-state index < -0.39 is 4.33 Å². The number of amidine groups is 1. The van der Waals surface area contributed by atoms with Crippen LogP contribution in [0.25, 0.3) is 0 Å². The SMILES string of the molecule is CCC1=[N+]2N=C(OCc3cccc(OC)c3)SC23SC(=NCN2CCOCC2)N[N+]3=C1C. The van der Waals surface area contributed by atoms with E-state index >= 15 is 0 Å². The topological polar surface area (TPSA) is 73.7 Å². The third-order valence-corrected chi connectivity index (χ3v) is 8.28. The molecule has 32 heavy (non-hydrogen) atoms. The second-order valence-electron chi connectivity index (χ2n) is 7.74. The van der Waals surface area contributed by atoms with E-state index in [-0.39, 0.29) is 0 Å². The highest BCUT2D eigenvalue weighted by Gasteiger charge is 2.74. The molecule has 1 atom stereocenters. The van der Waals surface area contributed by atoms with Crippen LogP contribution >= 0.6 is 23.5 Å². The molecule has 0 radical (unpaired) electrons. The molecule has 1 aromatic carbocycles. The summed E-state index contributed by atoms with van der Waals surface area (Å²) < 4.78 is 20.6. The van der Waals surface area contributed by atoms with Crippen molar-refractivity contribution < 1.29 is 23.6 Å². The largest absolute Gasteiger partial charge is 0.522 e. The third kappa shape index (κ3) is 3.91. The third-order valence-electron chi connectivity index (χ3n) is 5.75. The maximum Gasteiger partial charge on any atom is 0.522 e. The van der Waals surface area contributed by atoms with Gasteiger partial charge in [0.15, 0.2) is 0 Å². The zero-order chi connectivity index (χ0) is 22.1. The molecule has 1 unspecified atom stereocenters. The van der Waals surface area contributed by atoms with Crippen molar-refractivity contribution >= 4 is 45.3 Å². The van der Waals surface area contributed by atoms with E-state index in [0.717, 1.165) is 49.2 Å². The molecule has 0 saturated carbocycles. The molecule has 9 nitrogen and oxygen atoms in total. The average molecular weight is 477 g/mol. The number of methoxy groups -OCH3 is 1. The normalized spacial score (nSPS) is 26.3. The highest BCUT2D eigenvalue weighted by atomic mass is 32.2. The summed E-state index contributed by atoms with van der Waals surface area (Å²) in [6, 6.07) is 7.90. The van der Waals surface area contributed by atoms with Gasteiger partial charge in [0.2, 0.25) is 5.17 Å². The summed E-state index contributed by atoms with van der Waals surface area (Å²) in [6.07, 6.45) is 0.889. The second-order valence-corrected chi connectivity index (χ2v) is 10.3. The quantitative estimate of drug-likeness (QED) is 0.631. The molecule has 1 spiro atoms. The average Bonchev–Trinajstić information content (AvgIpc) is 3.43. The van der Waals surface area contributed by atoms with Crippen molar-refractivity contribution in [3.05, 3.63) is 29.8 Å². The Labute approximate surface area is 196 Å². The minimum Gasteiger partial charge on any atom is -0.497 e. The van der Waals surface area contributed by atoms with E-state index in [9.17, 15) is 0 Å². The van der Waals surface area contributed by atoms with Crippen molar-refractivity contribution in [2.45, 2.75) is 31.2 Å². The molecule has 11 heteroatoms. The number of hydrogen-bond donors (Lipinski definition) is 1. The van der Waals surface area contributed by atoms with Gasteiger partial charge in [-0.05, 0) is 22.4 Å². The molecule has 5 rings (SSSR count). The van der Waals surface area contributed by atoms with E-state index in [1.165, 1.54) is 11.4 Å². The van der Waals surface area contributed by atoms with Crippen LogP contribution in [0.5, 0.6) is 5.75 Å². The van der Waals surface area contributed by atoms with Gasteiger partial charge in [-0.2, -0.15) is 0 Å². The summed E-state index contributed by atoms with van der Waals surface area (Å²) >= 11 is 3.29. The summed E-state index contributed by atoms with van der Waals surface area (Å²) in [5.41, 5.74) is 6.90. The minimum absolute atomic E-state index is 0.438. The monoisotopic (exact) mass is 476 g/mol. The fourth-order valence-corrected chi connectivity index (χ4v) is 6.66. The van der Waals surface area contributed by atoms with Crippen LogP contribution in [0.15, 0.2) is 34.4 Å². The first-order chi connectivity index (χ1) is 15.6. The van der Waals surface area contributed by atoms with Crippen molar-refractivity contribution in [2.24, 2.45) is 10.1 Å². The predicted octanol–water partition coefficient (Wildman–Crippen LogP) is 2.09. The minimum atomic E-state index is -0.469. The number of morpholine rings is 1. The lowest BCUT2D eigenvalue weighted by atomic mass is 10.2. The van der Waals surface area contributed by atoms with E-state index in [0.29, 0.717) is 18.5 Å². The van der Waals surface area contributed by atoms with Crippen LogP contribution in [-0.2, 0) is 16.1 Å². The Morgan fingerprint density at radius 2 is 2.16 bits per heavy atom. The number of thioether (sulfide) groups is 2. The molecular weight excluding hydrogens is 448 g/mol. The number of hydrogen-bond acceptors (Lipinski definition) is 8. The van der Waals surface area contributed by atoms with Gasteiger partial charge < -0.3 is 14.2 Å². The van der Waals surface area contributed by atoms with Gasteiger partial charge in [0.25, 0.3) is 11.4 Å². The number of nitrogens with one attached hydrogen (secondary N) is 1. The van der Waals surface area contributed by atoms with Crippen LogP contribution in [0.4, 0.5) is 0 Å². The fraction of sp³-hybridized carbons (Fsp3) is 0.524. The first-order valence-electron chi connectivity index (χ1n) is 10.8. The maximum absolute atomic E-state index is 6.11. The van der Waals surface area contributed by atoms with Crippen LogP contribution in [0.1, 0.15) is 25.8 Å². The second kappa shape index (κ2) is 9.05. The number of benzene rings is 1. The van der Waals surface area contributed by atoms with Crippen molar-refractivity contribution in [3.8, 4) is 5.75 Å². The molecular formula is C21H28N6O3S2+2. The summed E-state index contributed by atoms with van der Waals surface area (Å²) in [5, 5.41) is 6.39. The zero-order valence-electron chi connectivity index (χ0n) is 18.5. The Kier molecular flexibility index (Phi) is 6.15. The molecule has 1 aromatic rings. The van der Waals surface area contributed by atoms with Gasteiger partial charge >= 0.3 is 9.56 Å². The van der Waals surface area contributed by atoms with Crippen LogP contribution in [0.3, 0.4) is 0 Å². The van der Waals surface area contributed by atoms with E-state index in [1.807, 2.05) is 24.3 Å². The molecule has 0 bridgehead atoms. The summed E-state index contributed by atoms with van der Waals surface area (Å²) in [6.45, 7) is 8.77. The van der Waals surface area contributed by atoms with Crippen molar-refractivity contribution in [1.29, 1.82) is 0 Å². The number of aliphatic imine (C=N–C) groups is 1. The van der Waals surface area contributed by atoms with E-state index in [4.69, 9.17) is 24.3 Å².